The maximum absolute atomic E-state index is 12.0. The highest BCUT2D eigenvalue weighted by Gasteiger charge is 2.33. The van der Waals surface area contributed by atoms with E-state index in [4.69, 9.17) is 0 Å². The van der Waals surface area contributed by atoms with Crippen LogP contribution in [0.4, 0.5) is 0 Å². The fourth-order valence-electron chi connectivity index (χ4n) is 2.38. The van der Waals surface area contributed by atoms with Crippen molar-refractivity contribution in [3.63, 3.8) is 0 Å². The summed E-state index contributed by atoms with van der Waals surface area (Å²) >= 11 is 0. The molecule has 92 valence electrons. The van der Waals surface area contributed by atoms with Gasteiger partial charge in [0.05, 0.1) is 0 Å². The summed E-state index contributed by atoms with van der Waals surface area (Å²) in [6.07, 6.45) is 3.27. The SMILES string of the molecule is CNC(=O)Cn1ccc2c1CC(C)(C)CC2=O. The Morgan fingerprint density at radius 2 is 2.18 bits per heavy atom. The first-order valence-electron chi connectivity index (χ1n) is 5.85. The third kappa shape index (κ3) is 2.25. The minimum atomic E-state index is -0.0424. The lowest BCUT2D eigenvalue weighted by atomic mass is 9.76. The largest absolute Gasteiger partial charge is 0.358 e. The normalized spacial score (nSPS) is 17.7. The van der Waals surface area contributed by atoms with Crippen molar-refractivity contribution in [2.75, 3.05) is 7.05 Å². The molecule has 0 saturated heterocycles. The van der Waals surface area contributed by atoms with E-state index in [1.165, 1.54) is 0 Å². The second kappa shape index (κ2) is 4.02. The number of Topliss-reactive ketones (excluding diaryl/α,β-unsaturated/α-hetero) is 1. The molecule has 4 nitrogen and oxygen atoms in total. The number of rotatable bonds is 2. The van der Waals surface area contributed by atoms with Gasteiger partial charge in [-0.1, -0.05) is 13.8 Å². The van der Waals surface area contributed by atoms with Gasteiger partial charge in [-0.05, 0) is 17.9 Å². The van der Waals surface area contributed by atoms with Crippen LogP contribution >= 0.6 is 0 Å². The van der Waals surface area contributed by atoms with Crippen LogP contribution < -0.4 is 5.32 Å². The van der Waals surface area contributed by atoms with Crippen LogP contribution in [-0.2, 0) is 17.8 Å². The summed E-state index contributed by atoms with van der Waals surface area (Å²) < 4.78 is 1.88. The Bertz CT molecular complexity index is 472. The van der Waals surface area contributed by atoms with E-state index < -0.39 is 0 Å². The molecule has 0 unspecified atom stereocenters. The van der Waals surface area contributed by atoms with Crippen LogP contribution in [0.2, 0.25) is 0 Å². The first-order chi connectivity index (χ1) is 7.93. The van der Waals surface area contributed by atoms with Crippen LogP contribution in [0.25, 0.3) is 0 Å². The van der Waals surface area contributed by atoms with E-state index in [0.717, 1.165) is 17.7 Å². The van der Waals surface area contributed by atoms with Crippen molar-refractivity contribution in [3.8, 4) is 0 Å². The molecule has 1 amide bonds. The van der Waals surface area contributed by atoms with E-state index in [9.17, 15) is 9.59 Å². The second-order valence-electron chi connectivity index (χ2n) is 5.42. The molecule has 1 aromatic rings. The number of hydrogen-bond donors (Lipinski definition) is 1. The molecule has 0 spiro atoms. The molecular formula is C13H18N2O2. The van der Waals surface area contributed by atoms with E-state index >= 15 is 0 Å². The first-order valence-corrected chi connectivity index (χ1v) is 5.85. The Hall–Kier alpha value is -1.58. The number of nitrogens with zero attached hydrogens (tertiary/aromatic N) is 1. The van der Waals surface area contributed by atoms with Gasteiger partial charge in [0, 0.05) is 30.9 Å². The number of carbonyl (C=O) groups excluding carboxylic acids is 2. The first kappa shape index (κ1) is 11.9. The zero-order chi connectivity index (χ0) is 12.6. The lowest BCUT2D eigenvalue weighted by Gasteiger charge is -2.29. The van der Waals surface area contributed by atoms with Crippen LogP contribution in [0.15, 0.2) is 12.3 Å². The van der Waals surface area contributed by atoms with E-state index in [2.05, 4.69) is 19.2 Å². The summed E-state index contributed by atoms with van der Waals surface area (Å²) in [4.78, 5) is 23.3. The van der Waals surface area contributed by atoms with Gasteiger partial charge >= 0.3 is 0 Å². The monoisotopic (exact) mass is 234 g/mol. The van der Waals surface area contributed by atoms with Crippen molar-refractivity contribution < 1.29 is 9.59 Å². The molecular weight excluding hydrogens is 216 g/mol. The standard InChI is InChI=1S/C13H18N2O2/c1-13(2)6-10-9(11(16)7-13)4-5-15(10)8-12(17)14-3/h4-5H,6-8H2,1-3H3,(H,14,17). The van der Waals surface area contributed by atoms with Crippen molar-refractivity contribution in [3.05, 3.63) is 23.5 Å². The quantitative estimate of drug-likeness (QED) is 0.840. The molecule has 0 saturated carbocycles. The van der Waals surface area contributed by atoms with Gasteiger partial charge in [-0.3, -0.25) is 9.59 Å². The summed E-state index contributed by atoms with van der Waals surface area (Å²) in [6.45, 7) is 4.46. The Morgan fingerprint density at radius 1 is 1.47 bits per heavy atom. The number of ketones is 1. The molecule has 1 aliphatic carbocycles. The zero-order valence-electron chi connectivity index (χ0n) is 10.5. The fraction of sp³-hybridized carbons (Fsp3) is 0.538. The molecule has 1 aliphatic rings. The highest BCUT2D eigenvalue weighted by atomic mass is 16.2. The molecule has 4 heteroatoms. The van der Waals surface area contributed by atoms with E-state index in [1.54, 1.807) is 7.05 Å². The highest BCUT2D eigenvalue weighted by molar-refractivity contribution is 5.99. The van der Waals surface area contributed by atoms with Crippen molar-refractivity contribution in [2.45, 2.75) is 33.2 Å². The van der Waals surface area contributed by atoms with Gasteiger partial charge in [0.15, 0.2) is 5.78 Å². The predicted octanol–water partition coefficient (Wildman–Crippen LogP) is 1.39. The van der Waals surface area contributed by atoms with Crippen molar-refractivity contribution >= 4 is 11.7 Å². The van der Waals surface area contributed by atoms with Crippen LogP contribution in [0.1, 0.15) is 36.3 Å². The van der Waals surface area contributed by atoms with Crippen molar-refractivity contribution in [2.24, 2.45) is 5.41 Å². The zero-order valence-corrected chi connectivity index (χ0v) is 10.5. The molecule has 0 atom stereocenters. The molecule has 0 aromatic carbocycles. The summed E-state index contributed by atoms with van der Waals surface area (Å²) in [6, 6.07) is 1.83. The lowest BCUT2D eigenvalue weighted by molar-refractivity contribution is -0.121. The third-order valence-corrected chi connectivity index (χ3v) is 3.26. The molecule has 1 aromatic heterocycles. The van der Waals surface area contributed by atoms with Crippen molar-refractivity contribution in [1.29, 1.82) is 0 Å². The van der Waals surface area contributed by atoms with E-state index in [1.807, 2.05) is 16.8 Å². The van der Waals surface area contributed by atoms with Gasteiger partial charge in [0.1, 0.15) is 6.54 Å². The number of aromatic nitrogens is 1. The number of nitrogens with one attached hydrogen (secondary N) is 1. The molecule has 1 N–H and O–H groups in total. The maximum atomic E-state index is 12.0. The molecule has 0 fully saturated rings. The number of carbonyl (C=O) groups is 2. The highest BCUT2D eigenvalue weighted by Crippen LogP contribution is 2.35. The molecule has 0 radical (unpaired) electrons. The van der Waals surface area contributed by atoms with Gasteiger partial charge in [-0.2, -0.15) is 0 Å². The van der Waals surface area contributed by atoms with Gasteiger partial charge in [-0.15, -0.1) is 0 Å². The van der Waals surface area contributed by atoms with E-state index in [0.29, 0.717) is 6.42 Å². The molecule has 1 heterocycles. The van der Waals surface area contributed by atoms with Crippen LogP contribution in [-0.4, -0.2) is 23.3 Å². The fourth-order valence-corrected chi connectivity index (χ4v) is 2.38. The second-order valence-corrected chi connectivity index (χ2v) is 5.42. The van der Waals surface area contributed by atoms with Crippen LogP contribution in [0.5, 0.6) is 0 Å². The van der Waals surface area contributed by atoms with Gasteiger partial charge in [-0.25, -0.2) is 0 Å². The number of amides is 1. The minimum Gasteiger partial charge on any atom is -0.358 e. The van der Waals surface area contributed by atoms with Crippen LogP contribution in [0.3, 0.4) is 0 Å². The van der Waals surface area contributed by atoms with Crippen molar-refractivity contribution in [1.82, 2.24) is 9.88 Å². The number of fused-ring (bicyclic) bond motifs is 1. The minimum absolute atomic E-state index is 0.0110. The summed E-state index contributed by atoms with van der Waals surface area (Å²) in [5.74, 6) is 0.145. The van der Waals surface area contributed by atoms with Gasteiger partial charge < -0.3 is 9.88 Å². The Labute approximate surface area is 101 Å². The molecule has 17 heavy (non-hydrogen) atoms. The lowest BCUT2D eigenvalue weighted by Crippen LogP contribution is -2.30. The molecule has 0 aliphatic heterocycles. The number of likely N-dealkylation sites (N-methyl/N-ethyl adjacent to an activating group) is 1. The summed E-state index contributed by atoms with van der Waals surface area (Å²) in [7, 11) is 1.62. The number of hydrogen-bond acceptors (Lipinski definition) is 2. The Morgan fingerprint density at radius 3 is 2.82 bits per heavy atom. The smallest absolute Gasteiger partial charge is 0.239 e. The van der Waals surface area contributed by atoms with Crippen LogP contribution in [0, 0.1) is 5.41 Å². The Kier molecular flexibility index (Phi) is 2.81. The van der Waals surface area contributed by atoms with E-state index in [-0.39, 0.29) is 23.7 Å². The average molecular weight is 234 g/mol. The average Bonchev–Trinajstić information content (AvgIpc) is 2.60. The predicted molar refractivity (Wildman–Crippen MR) is 64.9 cm³/mol. The molecule has 2 rings (SSSR count). The van der Waals surface area contributed by atoms with Gasteiger partial charge in [0.25, 0.3) is 0 Å². The molecule has 0 bridgehead atoms. The Balaban J connectivity index is 2.34. The topological polar surface area (TPSA) is 51.1 Å². The van der Waals surface area contributed by atoms with Gasteiger partial charge in [0.2, 0.25) is 5.91 Å². The maximum Gasteiger partial charge on any atom is 0.239 e. The summed E-state index contributed by atoms with van der Waals surface area (Å²) in [5, 5.41) is 2.60. The summed E-state index contributed by atoms with van der Waals surface area (Å²) in [5.41, 5.74) is 1.77. The third-order valence-electron chi connectivity index (χ3n) is 3.26.